The highest BCUT2D eigenvalue weighted by Gasteiger charge is 2.38. The summed E-state index contributed by atoms with van der Waals surface area (Å²) in [5.41, 5.74) is 0. The van der Waals surface area contributed by atoms with Crippen LogP contribution in [0.15, 0.2) is 0 Å². The third-order valence-electron chi connectivity index (χ3n) is 5.12. The van der Waals surface area contributed by atoms with E-state index in [0.29, 0.717) is 25.0 Å². The summed E-state index contributed by atoms with van der Waals surface area (Å²) in [6.45, 7) is 5.00. The predicted octanol–water partition coefficient (Wildman–Crippen LogP) is 4.12. The number of carbonyl (C=O) groups excluding carboxylic acids is 2. The van der Waals surface area contributed by atoms with E-state index in [2.05, 4.69) is 0 Å². The fourth-order valence-electron chi connectivity index (χ4n) is 3.71. The van der Waals surface area contributed by atoms with Crippen LogP contribution >= 0.6 is 0 Å². The molecule has 4 heteroatoms. The van der Waals surface area contributed by atoms with Crippen molar-refractivity contribution >= 4 is 11.9 Å². The molecular formula is C19H32O4. The van der Waals surface area contributed by atoms with Gasteiger partial charge >= 0.3 is 11.9 Å². The van der Waals surface area contributed by atoms with E-state index in [1.54, 1.807) is 0 Å². The van der Waals surface area contributed by atoms with Crippen molar-refractivity contribution in [3.05, 3.63) is 0 Å². The second kappa shape index (κ2) is 9.29. The fraction of sp³-hybridized carbons (Fsp3) is 0.895. The Balaban J connectivity index is 1.83. The molecule has 0 aliphatic heterocycles. The smallest absolute Gasteiger partial charge is 0.309 e. The lowest BCUT2D eigenvalue weighted by Gasteiger charge is -2.29. The van der Waals surface area contributed by atoms with Gasteiger partial charge in [0, 0.05) is 0 Å². The van der Waals surface area contributed by atoms with Crippen LogP contribution in [0.4, 0.5) is 0 Å². The average Bonchev–Trinajstić information content (AvgIpc) is 2.58. The third-order valence-corrected chi connectivity index (χ3v) is 5.12. The van der Waals surface area contributed by atoms with Crippen molar-refractivity contribution in [2.45, 2.75) is 71.6 Å². The molecule has 0 saturated heterocycles. The maximum atomic E-state index is 12.5. The molecule has 0 aromatic carbocycles. The molecule has 2 rings (SSSR count). The van der Waals surface area contributed by atoms with E-state index in [1.807, 2.05) is 13.8 Å². The topological polar surface area (TPSA) is 52.6 Å². The lowest BCUT2D eigenvalue weighted by molar-refractivity contribution is -0.164. The molecule has 0 spiro atoms. The molecule has 132 valence electrons. The largest absolute Gasteiger partial charge is 0.465 e. The molecular weight excluding hydrogens is 292 g/mol. The Hall–Kier alpha value is -1.06. The zero-order valence-corrected chi connectivity index (χ0v) is 14.7. The van der Waals surface area contributed by atoms with E-state index in [4.69, 9.17) is 9.47 Å². The van der Waals surface area contributed by atoms with Crippen LogP contribution in [-0.2, 0) is 19.1 Å². The Morgan fingerprint density at radius 3 is 1.91 bits per heavy atom. The zero-order valence-electron chi connectivity index (χ0n) is 14.7. The van der Waals surface area contributed by atoms with Crippen molar-refractivity contribution in [1.29, 1.82) is 0 Å². The molecule has 0 heterocycles. The summed E-state index contributed by atoms with van der Waals surface area (Å²) >= 11 is 0. The molecule has 2 atom stereocenters. The van der Waals surface area contributed by atoms with Gasteiger partial charge in [-0.25, -0.2) is 0 Å². The summed E-state index contributed by atoms with van der Waals surface area (Å²) in [6.07, 6.45) is 9.62. The molecule has 0 amide bonds. The van der Waals surface area contributed by atoms with Gasteiger partial charge in [-0.05, 0) is 37.5 Å². The minimum Gasteiger partial charge on any atom is -0.465 e. The van der Waals surface area contributed by atoms with Crippen LogP contribution in [0.3, 0.4) is 0 Å². The standard InChI is InChI=1S/C19H32O4/c1-14(2)12-22-18(20)16-10-6-7-11-17(16)19(21)23-13-15-8-4-3-5-9-15/h14-17H,3-13H2,1-2H3. The van der Waals surface area contributed by atoms with E-state index in [-0.39, 0.29) is 23.8 Å². The lowest BCUT2D eigenvalue weighted by atomic mass is 9.79. The van der Waals surface area contributed by atoms with Crippen LogP contribution in [0.2, 0.25) is 0 Å². The normalized spacial score (nSPS) is 26.0. The highest BCUT2D eigenvalue weighted by Crippen LogP contribution is 2.33. The summed E-state index contributed by atoms with van der Waals surface area (Å²) in [6, 6.07) is 0. The molecule has 23 heavy (non-hydrogen) atoms. The Morgan fingerprint density at radius 1 is 0.826 bits per heavy atom. The minimum atomic E-state index is -0.304. The van der Waals surface area contributed by atoms with E-state index in [9.17, 15) is 9.59 Å². The number of esters is 2. The van der Waals surface area contributed by atoms with Crippen molar-refractivity contribution in [2.24, 2.45) is 23.7 Å². The first-order valence-corrected chi connectivity index (χ1v) is 9.41. The predicted molar refractivity (Wildman–Crippen MR) is 88.8 cm³/mol. The number of hydrogen-bond acceptors (Lipinski definition) is 4. The summed E-state index contributed by atoms with van der Waals surface area (Å²) in [5.74, 6) is -0.157. The molecule has 0 aromatic rings. The number of rotatable bonds is 6. The molecule has 4 nitrogen and oxygen atoms in total. The van der Waals surface area contributed by atoms with Crippen molar-refractivity contribution in [3.8, 4) is 0 Å². The Labute approximate surface area is 140 Å². The quantitative estimate of drug-likeness (QED) is 0.690. The molecule has 2 unspecified atom stereocenters. The van der Waals surface area contributed by atoms with Gasteiger partial charge in [-0.1, -0.05) is 46.0 Å². The molecule has 0 N–H and O–H groups in total. The van der Waals surface area contributed by atoms with Gasteiger partial charge in [0.2, 0.25) is 0 Å². The van der Waals surface area contributed by atoms with Gasteiger partial charge in [0.05, 0.1) is 25.0 Å². The second-order valence-electron chi connectivity index (χ2n) is 7.66. The zero-order chi connectivity index (χ0) is 16.7. The molecule has 2 aliphatic carbocycles. The maximum Gasteiger partial charge on any atom is 0.309 e. The highest BCUT2D eigenvalue weighted by atomic mass is 16.5. The molecule has 0 radical (unpaired) electrons. The van der Waals surface area contributed by atoms with Crippen LogP contribution in [0.1, 0.15) is 71.6 Å². The SMILES string of the molecule is CC(C)COC(=O)C1CCCCC1C(=O)OCC1CCCCC1. The Morgan fingerprint density at radius 2 is 1.35 bits per heavy atom. The first-order valence-electron chi connectivity index (χ1n) is 9.41. The average molecular weight is 324 g/mol. The maximum absolute atomic E-state index is 12.5. The van der Waals surface area contributed by atoms with E-state index >= 15 is 0 Å². The van der Waals surface area contributed by atoms with Gasteiger partial charge in [0.1, 0.15) is 0 Å². The number of ether oxygens (including phenoxy) is 2. The van der Waals surface area contributed by atoms with Crippen molar-refractivity contribution in [1.82, 2.24) is 0 Å². The Kier molecular flexibility index (Phi) is 7.38. The van der Waals surface area contributed by atoms with Crippen LogP contribution in [-0.4, -0.2) is 25.2 Å². The first-order chi connectivity index (χ1) is 11.1. The molecule has 0 aromatic heterocycles. The highest BCUT2D eigenvalue weighted by molar-refractivity contribution is 5.82. The van der Waals surface area contributed by atoms with E-state index in [1.165, 1.54) is 19.3 Å². The van der Waals surface area contributed by atoms with Crippen molar-refractivity contribution in [2.75, 3.05) is 13.2 Å². The summed E-state index contributed by atoms with van der Waals surface area (Å²) < 4.78 is 11.0. The van der Waals surface area contributed by atoms with E-state index < -0.39 is 0 Å². The number of hydrogen-bond donors (Lipinski definition) is 0. The summed E-state index contributed by atoms with van der Waals surface area (Å²) in [5, 5.41) is 0. The van der Waals surface area contributed by atoms with Crippen LogP contribution in [0, 0.1) is 23.7 Å². The minimum absolute atomic E-state index is 0.179. The third kappa shape index (κ3) is 5.82. The van der Waals surface area contributed by atoms with Gasteiger partial charge in [0.15, 0.2) is 0 Å². The Bertz CT molecular complexity index is 385. The van der Waals surface area contributed by atoms with Crippen LogP contribution < -0.4 is 0 Å². The first kappa shape index (κ1) is 18.3. The fourth-order valence-corrected chi connectivity index (χ4v) is 3.71. The van der Waals surface area contributed by atoms with E-state index in [0.717, 1.165) is 38.5 Å². The van der Waals surface area contributed by atoms with Crippen LogP contribution in [0.25, 0.3) is 0 Å². The monoisotopic (exact) mass is 324 g/mol. The second-order valence-corrected chi connectivity index (χ2v) is 7.66. The lowest BCUT2D eigenvalue weighted by Crippen LogP contribution is -2.36. The van der Waals surface area contributed by atoms with Crippen molar-refractivity contribution in [3.63, 3.8) is 0 Å². The number of carbonyl (C=O) groups is 2. The van der Waals surface area contributed by atoms with Gasteiger partial charge in [-0.3, -0.25) is 9.59 Å². The molecule has 0 bridgehead atoms. The van der Waals surface area contributed by atoms with Gasteiger partial charge < -0.3 is 9.47 Å². The summed E-state index contributed by atoms with van der Waals surface area (Å²) in [4.78, 5) is 24.8. The van der Waals surface area contributed by atoms with Crippen molar-refractivity contribution < 1.29 is 19.1 Å². The summed E-state index contributed by atoms with van der Waals surface area (Å²) in [7, 11) is 0. The van der Waals surface area contributed by atoms with Gasteiger partial charge in [-0.2, -0.15) is 0 Å². The van der Waals surface area contributed by atoms with Crippen LogP contribution in [0.5, 0.6) is 0 Å². The van der Waals surface area contributed by atoms with Gasteiger partial charge in [-0.15, -0.1) is 0 Å². The molecule has 2 saturated carbocycles. The molecule has 2 aliphatic rings. The molecule has 2 fully saturated rings. The van der Waals surface area contributed by atoms with Gasteiger partial charge in [0.25, 0.3) is 0 Å².